The summed E-state index contributed by atoms with van der Waals surface area (Å²) in [7, 11) is 0. The molecule has 0 aliphatic carbocycles. The molecule has 3 rings (SSSR count). The first-order chi connectivity index (χ1) is 15.4. The molecule has 3 N–H and O–H groups in total. The Bertz CT molecular complexity index is 1040. The lowest BCUT2D eigenvalue weighted by Gasteiger charge is -2.16. The molecule has 0 fully saturated rings. The summed E-state index contributed by atoms with van der Waals surface area (Å²) < 4.78 is 5.54. The first-order valence-electron chi connectivity index (χ1n) is 11.1. The second-order valence-corrected chi connectivity index (χ2v) is 9.05. The van der Waals surface area contributed by atoms with Gasteiger partial charge in [0, 0.05) is 17.0 Å². The van der Waals surface area contributed by atoms with Crippen LogP contribution in [0.5, 0.6) is 0 Å². The van der Waals surface area contributed by atoms with E-state index >= 15 is 0 Å². The standard InChI is InChI=1S/C24H31N3O4S/c1-4-6-19-8-10-21(32-19)24-26-23(27-31-24)17-11-15(3)20(16(5-2)12-17)9-7-18(29)13-25-22(30)14-28/h8,10-12,18,28-29H,4-7,9,13-14H2,1-3H3,(H,25,30)/t18-/m1/s1. The first-order valence-corrected chi connectivity index (χ1v) is 11.9. The summed E-state index contributed by atoms with van der Waals surface area (Å²) in [6, 6.07) is 8.30. The van der Waals surface area contributed by atoms with Crippen molar-refractivity contribution in [3.63, 3.8) is 0 Å². The molecule has 3 aromatic rings. The van der Waals surface area contributed by atoms with E-state index in [0.717, 1.165) is 35.3 Å². The number of hydrogen-bond donors (Lipinski definition) is 3. The molecule has 1 atom stereocenters. The molecule has 0 saturated heterocycles. The number of benzene rings is 1. The van der Waals surface area contributed by atoms with Crippen LogP contribution in [-0.2, 0) is 24.1 Å². The van der Waals surface area contributed by atoms with E-state index in [1.165, 1.54) is 16.0 Å². The van der Waals surface area contributed by atoms with Crippen molar-refractivity contribution in [2.75, 3.05) is 13.2 Å². The maximum atomic E-state index is 11.1. The van der Waals surface area contributed by atoms with Crippen molar-refractivity contribution in [3.8, 4) is 22.2 Å². The molecule has 2 aromatic heterocycles. The number of hydrogen-bond acceptors (Lipinski definition) is 7. The van der Waals surface area contributed by atoms with Gasteiger partial charge in [-0.2, -0.15) is 4.98 Å². The Balaban J connectivity index is 1.73. The number of rotatable bonds is 11. The molecule has 0 bridgehead atoms. The fourth-order valence-corrected chi connectivity index (χ4v) is 4.74. The van der Waals surface area contributed by atoms with Gasteiger partial charge in [0.25, 0.3) is 5.89 Å². The van der Waals surface area contributed by atoms with Crippen LogP contribution in [0.2, 0.25) is 0 Å². The molecule has 1 amide bonds. The van der Waals surface area contributed by atoms with Gasteiger partial charge in [-0.3, -0.25) is 4.79 Å². The molecule has 0 unspecified atom stereocenters. The minimum absolute atomic E-state index is 0.131. The number of aromatic nitrogens is 2. The number of aryl methyl sites for hydroxylation is 3. The number of aliphatic hydroxyl groups is 2. The average molecular weight is 458 g/mol. The molecule has 0 aliphatic rings. The zero-order valence-corrected chi connectivity index (χ0v) is 19.7. The van der Waals surface area contributed by atoms with Crippen LogP contribution in [0, 0.1) is 6.92 Å². The van der Waals surface area contributed by atoms with Crippen molar-refractivity contribution in [3.05, 3.63) is 45.8 Å². The van der Waals surface area contributed by atoms with Gasteiger partial charge in [-0.1, -0.05) is 25.4 Å². The highest BCUT2D eigenvalue weighted by molar-refractivity contribution is 7.15. The molecule has 2 heterocycles. The lowest BCUT2D eigenvalue weighted by molar-refractivity contribution is -0.124. The summed E-state index contributed by atoms with van der Waals surface area (Å²) in [4.78, 5) is 18.1. The van der Waals surface area contributed by atoms with Gasteiger partial charge in [0.2, 0.25) is 11.7 Å². The molecule has 7 nitrogen and oxygen atoms in total. The number of aliphatic hydroxyl groups excluding tert-OH is 2. The third-order valence-corrected chi connectivity index (χ3v) is 6.54. The van der Waals surface area contributed by atoms with Gasteiger partial charge >= 0.3 is 0 Å². The Morgan fingerprint density at radius 1 is 1.25 bits per heavy atom. The predicted molar refractivity (Wildman–Crippen MR) is 126 cm³/mol. The van der Waals surface area contributed by atoms with Crippen molar-refractivity contribution in [2.45, 2.75) is 59.0 Å². The topological polar surface area (TPSA) is 108 Å². The molecule has 0 saturated carbocycles. The minimum atomic E-state index is -0.669. The number of carbonyl (C=O) groups excluding carboxylic acids is 1. The lowest BCUT2D eigenvalue weighted by atomic mass is 9.92. The summed E-state index contributed by atoms with van der Waals surface area (Å²) in [6.07, 6.45) is 3.54. The summed E-state index contributed by atoms with van der Waals surface area (Å²) in [5, 5.41) is 25.6. The molecule has 8 heteroatoms. The summed E-state index contributed by atoms with van der Waals surface area (Å²) in [5.74, 6) is 0.629. The van der Waals surface area contributed by atoms with Gasteiger partial charge in [0.1, 0.15) is 6.61 Å². The number of carbonyl (C=O) groups is 1. The molecule has 0 radical (unpaired) electrons. The maximum Gasteiger partial charge on any atom is 0.268 e. The fourth-order valence-electron chi connectivity index (χ4n) is 3.71. The Kier molecular flexibility index (Phi) is 8.55. The van der Waals surface area contributed by atoms with Crippen LogP contribution >= 0.6 is 11.3 Å². The van der Waals surface area contributed by atoms with Crippen molar-refractivity contribution in [1.29, 1.82) is 0 Å². The van der Waals surface area contributed by atoms with Gasteiger partial charge in [0.05, 0.1) is 11.0 Å². The quantitative estimate of drug-likeness (QED) is 0.405. The Hall–Kier alpha value is -2.55. The molecule has 32 heavy (non-hydrogen) atoms. The highest BCUT2D eigenvalue weighted by Crippen LogP contribution is 2.31. The van der Waals surface area contributed by atoms with Gasteiger partial charge in [-0.05, 0) is 73.6 Å². The normalized spacial score (nSPS) is 12.2. The van der Waals surface area contributed by atoms with Gasteiger partial charge < -0.3 is 20.1 Å². The number of nitrogens with zero attached hydrogens (tertiary/aromatic N) is 2. The maximum absolute atomic E-state index is 11.1. The van der Waals surface area contributed by atoms with E-state index in [2.05, 4.69) is 54.4 Å². The summed E-state index contributed by atoms with van der Waals surface area (Å²) in [5.41, 5.74) is 4.40. The zero-order valence-electron chi connectivity index (χ0n) is 18.9. The van der Waals surface area contributed by atoms with Crippen LogP contribution in [-0.4, -0.2) is 45.5 Å². The van der Waals surface area contributed by atoms with Gasteiger partial charge in [-0.15, -0.1) is 11.3 Å². The molecule has 0 aliphatic heterocycles. The van der Waals surface area contributed by atoms with Crippen molar-refractivity contribution in [2.24, 2.45) is 0 Å². The van der Waals surface area contributed by atoms with Gasteiger partial charge in [0.15, 0.2) is 0 Å². The van der Waals surface area contributed by atoms with Crippen LogP contribution in [0.25, 0.3) is 22.2 Å². The predicted octanol–water partition coefficient (Wildman–Crippen LogP) is 3.69. The average Bonchev–Trinajstić information content (AvgIpc) is 3.46. The van der Waals surface area contributed by atoms with E-state index < -0.39 is 18.6 Å². The van der Waals surface area contributed by atoms with Crippen LogP contribution in [0.15, 0.2) is 28.8 Å². The van der Waals surface area contributed by atoms with Crippen molar-refractivity contribution in [1.82, 2.24) is 15.5 Å². The zero-order chi connectivity index (χ0) is 23.1. The Morgan fingerprint density at radius 2 is 2.06 bits per heavy atom. The van der Waals surface area contributed by atoms with Crippen molar-refractivity contribution >= 4 is 17.2 Å². The SMILES string of the molecule is CCCc1ccc(-c2nc(-c3cc(C)c(CC[C@@H](O)CNC(=O)CO)c(CC)c3)no2)s1. The molecule has 1 aromatic carbocycles. The lowest BCUT2D eigenvalue weighted by Crippen LogP contribution is -2.34. The molecular formula is C24H31N3O4S. The fraction of sp³-hybridized carbons (Fsp3) is 0.458. The first kappa shape index (κ1) is 24.1. The van der Waals surface area contributed by atoms with Crippen LogP contribution in [0.1, 0.15) is 48.3 Å². The third kappa shape index (κ3) is 6.03. The Morgan fingerprint density at radius 3 is 2.78 bits per heavy atom. The number of thiophene rings is 1. The summed E-state index contributed by atoms with van der Waals surface area (Å²) >= 11 is 1.69. The highest BCUT2D eigenvalue weighted by Gasteiger charge is 2.16. The van der Waals surface area contributed by atoms with Crippen molar-refractivity contribution < 1.29 is 19.5 Å². The Labute approximate surface area is 192 Å². The molecular weight excluding hydrogens is 426 g/mol. The second-order valence-electron chi connectivity index (χ2n) is 7.88. The monoisotopic (exact) mass is 457 g/mol. The van der Waals surface area contributed by atoms with Crippen LogP contribution in [0.4, 0.5) is 0 Å². The highest BCUT2D eigenvalue weighted by atomic mass is 32.1. The minimum Gasteiger partial charge on any atom is -0.391 e. The molecule has 172 valence electrons. The van der Waals surface area contributed by atoms with E-state index in [4.69, 9.17) is 9.63 Å². The van der Waals surface area contributed by atoms with Crippen LogP contribution in [0.3, 0.4) is 0 Å². The number of amides is 1. The van der Waals surface area contributed by atoms with E-state index in [1.54, 1.807) is 11.3 Å². The summed E-state index contributed by atoms with van der Waals surface area (Å²) in [6.45, 7) is 5.87. The second kappa shape index (κ2) is 11.4. The third-order valence-electron chi connectivity index (χ3n) is 5.41. The van der Waals surface area contributed by atoms with E-state index in [1.807, 2.05) is 6.07 Å². The van der Waals surface area contributed by atoms with Crippen LogP contribution < -0.4 is 5.32 Å². The van der Waals surface area contributed by atoms with Gasteiger partial charge in [-0.25, -0.2) is 0 Å². The van der Waals surface area contributed by atoms with E-state index in [-0.39, 0.29) is 6.54 Å². The van der Waals surface area contributed by atoms with E-state index in [9.17, 15) is 9.90 Å². The largest absolute Gasteiger partial charge is 0.391 e. The number of nitrogens with one attached hydrogen (secondary N) is 1. The molecule has 0 spiro atoms. The smallest absolute Gasteiger partial charge is 0.268 e. The van der Waals surface area contributed by atoms with E-state index in [0.29, 0.717) is 24.6 Å².